The van der Waals surface area contributed by atoms with E-state index in [9.17, 15) is 4.79 Å². The molecule has 1 unspecified atom stereocenters. The fourth-order valence-corrected chi connectivity index (χ4v) is 4.33. The summed E-state index contributed by atoms with van der Waals surface area (Å²) < 4.78 is 14.4. The van der Waals surface area contributed by atoms with E-state index in [0.717, 1.165) is 36.2 Å². The number of benzene rings is 1. The van der Waals surface area contributed by atoms with Gasteiger partial charge in [-0.05, 0) is 50.0 Å². The van der Waals surface area contributed by atoms with Gasteiger partial charge in [0.05, 0.1) is 30.2 Å². The number of imidazole rings is 1. The van der Waals surface area contributed by atoms with Crippen molar-refractivity contribution in [3.8, 4) is 5.75 Å². The first-order chi connectivity index (χ1) is 16.2. The number of rotatable bonds is 8. The Balaban J connectivity index is 0.00000274. The van der Waals surface area contributed by atoms with Crippen LogP contribution in [-0.2, 0) is 11.3 Å². The second-order valence-corrected chi connectivity index (χ2v) is 8.31. The Labute approximate surface area is 203 Å². The van der Waals surface area contributed by atoms with Crippen LogP contribution in [0.3, 0.4) is 0 Å². The van der Waals surface area contributed by atoms with Crippen LogP contribution in [0.2, 0.25) is 0 Å². The van der Waals surface area contributed by atoms with Gasteiger partial charge in [-0.15, -0.1) is 12.4 Å². The minimum atomic E-state index is -0.229. The van der Waals surface area contributed by atoms with Crippen molar-refractivity contribution in [3.05, 3.63) is 54.6 Å². The average Bonchev–Trinajstić information content (AvgIpc) is 3.45. The van der Waals surface area contributed by atoms with Gasteiger partial charge in [-0.2, -0.15) is 5.10 Å². The molecule has 5 rings (SSSR count). The summed E-state index contributed by atoms with van der Waals surface area (Å²) in [7, 11) is 1.63. The number of anilines is 1. The van der Waals surface area contributed by atoms with Gasteiger partial charge in [0, 0.05) is 31.3 Å². The van der Waals surface area contributed by atoms with Crippen molar-refractivity contribution in [2.45, 2.75) is 19.4 Å². The monoisotopic (exact) mass is 484 g/mol. The minimum Gasteiger partial charge on any atom is -0.491 e. The highest BCUT2D eigenvalue weighted by Crippen LogP contribution is 2.25. The number of methoxy groups -OCH3 is 1. The lowest BCUT2D eigenvalue weighted by atomic mass is 10.00. The molecule has 4 heterocycles. The van der Waals surface area contributed by atoms with Gasteiger partial charge in [-0.1, -0.05) is 6.07 Å². The van der Waals surface area contributed by atoms with Gasteiger partial charge < -0.3 is 20.1 Å². The maximum Gasteiger partial charge on any atom is 0.274 e. The topological polar surface area (TPSA) is 94.7 Å². The zero-order valence-electron chi connectivity index (χ0n) is 19.1. The van der Waals surface area contributed by atoms with E-state index >= 15 is 0 Å². The number of piperidine rings is 1. The van der Waals surface area contributed by atoms with Gasteiger partial charge in [0.2, 0.25) is 0 Å². The van der Waals surface area contributed by atoms with Crippen molar-refractivity contribution < 1.29 is 14.3 Å². The van der Waals surface area contributed by atoms with Crippen LogP contribution in [-0.4, -0.2) is 58.5 Å². The van der Waals surface area contributed by atoms with Crippen LogP contribution in [0.5, 0.6) is 5.75 Å². The largest absolute Gasteiger partial charge is 0.491 e. The van der Waals surface area contributed by atoms with Crippen LogP contribution in [0.25, 0.3) is 16.6 Å². The Bertz CT molecular complexity index is 1260. The molecule has 1 saturated heterocycles. The predicted molar refractivity (Wildman–Crippen MR) is 133 cm³/mol. The van der Waals surface area contributed by atoms with Crippen LogP contribution in [0.1, 0.15) is 23.3 Å². The first-order valence-corrected chi connectivity index (χ1v) is 11.3. The highest BCUT2D eigenvalue weighted by molar-refractivity contribution is 6.08. The molecule has 4 aromatic rings. The molecule has 0 radical (unpaired) electrons. The van der Waals surface area contributed by atoms with Crippen LogP contribution >= 0.6 is 12.4 Å². The number of halogens is 1. The minimum absolute atomic E-state index is 0. The van der Waals surface area contributed by atoms with E-state index in [2.05, 4.69) is 20.7 Å². The molecule has 9 nitrogen and oxygen atoms in total. The molecule has 0 aliphatic carbocycles. The molecule has 0 bridgehead atoms. The summed E-state index contributed by atoms with van der Waals surface area (Å²) in [5.41, 5.74) is 2.85. The van der Waals surface area contributed by atoms with E-state index in [1.165, 1.54) is 12.8 Å². The molecule has 2 N–H and O–H groups in total. The van der Waals surface area contributed by atoms with Crippen molar-refractivity contribution in [3.63, 3.8) is 0 Å². The molecule has 1 aliphatic rings. The Morgan fingerprint density at radius 3 is 3.00 bits per heavy atom. The number of amides is 1. The molecule has 1 aliphatic heterocycles. The molecule has 0 spiro atoms. The first kappa shape index (κ1) is 24.0. The number of ether oxygens (including phenoxy) is 2. The van der Waals surface area contributed by atoms with Gasteiger partial charge in [0.1, 0.15) is 23.7 Å². The lowest BCUT2D eigenvalue weighted by molar-refractivity contribution is 0.102. The van der Waals surface area contributed by atoms with E-state index < -0.39 is 0 Å². The standard InChI is InChI=1S/C24H28N6O3.ClH/c1-32-10-11-33-18-7-9-29-22(15-26-23(29)12-18)24(31)28-20-5-2-6-21-19(20)14-27-30(21)16-17-4-3-8-25-13-17;/h2,5-7,9,12,14-15,17,25H,3-4,8,10-11,13,16H2,1H3,(H,28,31);1H. The number of hydrogen-bond acceptors (Lipinski definition) is 6. The Morgan fingerprint density at radius 1 is 1.26 bits per heavy atom. The number of carbonyl (C=O) groups is 1. The van der Waals surface area contributed by atoms with Crippen molar-refractivity contribution in [1.29, 1.82) is 0 Å². The number of pyridine rings is 1. The van der Waals surface area contributed by atoms with Crippen LogP contribution in [0, 0.1) is 5.92 Å². The zero-order valence-corrected chi connectivity index (χ0v) is 19.9. The second kappa shape index (κ2) is 10.9. The molecular formula is C24H29ClN6O3. The molecule has 0 saturated carbocycles. The van der Waals surface area contributed by atoms with E-state index in [1.807, 2.05) is 35.1 Å². The number of aromatic nitrogens is 4. The van der Waals surface area contributed by atoms with Gasteiger partial charge in [-0.3, -0.25) is 13.9 Å². The van der Waals surface area contributed by atoms with E-state index in [4.69, 9.17) is 9.47 Å². The molecule has 34 heavy (non-hydrogen) atoms. The third-order valence-corrected chi connectivity index (χ3v) is 6.04. The SMILES string of the molecule is COCCOc1ccn2c(C(=O)Nc3cccc4c3cnn4CC3CCCNC3)cnc2c1.Cl. The molecule has 180 valence electrons. The maximum absolute atomic E-state index is 13.1. The van der Waals surface area contributed by atoms with Crippen molar-refractivity contribution in [2.75, 3.05) is 38.7 Å². The zero-order chi connectivity index (χ0) is 22.6. The van der Waals surface area contributed by atoms with Crippen LogP contribution < -0.4 is 15.4 Å². The fraction of sp³-hybridized carbons (Fsp3) is 0.375. The maximum atomic E-state index is 13.1. The molecular weight excluding hydrogens is 456 g/mol. The summed E-state index contributed by atoms with van der Waals surface area (Å²) in [5.74, 6) is 1.02. The van der Waals surface area contributed by atoms with Crippen molar-refractivity contribution >= 4 is 40.6 Å². The number of nitrogens with zero attached hydrogens (tertiary/aromatic N) is 4. The Kier molecular flexibility index (Phi) is 7.66. The Morgan fingerprint density at radius 2 is 2.18 bits per heavy atom. The molecule has 1 atom stereocenters. The van der Waals surface area contributed by atoms with E-state index in [0.29, 0.717) is 36.2 Å². The predicted octanol–water partition coefficient (Wildman–Crippen LogP) is 3.38. The normalized spacial score (nSPS) is 15.9. The highest BCUT2D eigenvalue weighted by Gasteiger charge is 2.18. The van der Waals surface area contributed by atoms with Crippen LogP contribution in [0.15, 0.2) is 48.9 Å². The lowest BCUT2D eigenvalue weighted by Gasteiger charge is -2.22. The number of nitrogens with one attached hydrogen (secondary N) is 2. The quantitative estimate of drug-likeness (QED) is 0.372. The Hall–Kier alpha value is -3.14. The fourth-order valence-electron chi connectivity index (χ4n) is 4.33. The number of hydrogen-bond donors (Lipinski definition) is 2. The molecule has 3 aromatic heterocycles. The summed E-state index contributed by atoms with van der Waals surface area (Å²) in [6.07, 6.45) is 7.60. The van der Waals surface area contributed by atoms with Crippen molar-refractivity contribution in [2.24, 2.45) is 5.92 Å². The third kappa shape index (κ3) is 5.01. The molecule has 1 fully saturated rings. The summed E-state index contributed by atoms with van der Waals surface area (Å²) in [4.78, 5) is 17.5. The molecule has 10 heteroatoms. The smallest absolute Gasteiger partial charge is 0.274 e. The second-order valence-electron chi connectivity index (χ2n) is 8.31. The van der Waals surface area contributed by atoms with Gasteiger partial charge in [0.25, 0.3) is 5.91 Å². The van der Waals surface area contributed by atoms with E-state index in [-0.39, 0.29) is 18.3 Å². The first-order valence-electron chi connectivity index (χ1n) is 11.3. The van der Waals surface area contributed by atoms with Crippen LogP contribution in [0.4, 0.5) is 5.69 Å². The van der Waals surface area contributed by atoms with E-state index in [1.54, 1.807) is 30.0 Å². The van der Waals surface area contributed by atoms with Gasteiger partial charge in [0.15, 0.2) is 0 Å². The lowest BCUT2D eigenvalue weighted by Crippen LogP contribution is -2.32. The summed E-state index contributed by atoms with van der Waals surface area (Å²) in [5, 5.41) is 12.0. The summed E-state index contributed by atoms with van der Waals surface area (Å²) >= 11 is 0. The highest BCUT2D eigenvalue weighted by atomic mass is 35.5. The number of fused-ring (bicyclic) bond motifs is 2. The molecule has 1 amide bonds. The summed E-state index contributed by atoms with van der Waals surface area (Å²) in [6.45, 7) is 3.95. The third-order valence-electron chi connectivity index (χ3n) is 6.04. The van der Waals surface area contributed by atoms with Gasteiger partial charge >= 0.3 is 0 Å². The summed E-state index contributed by atoms with van der Waals surface area (Å²) in [6, 6.07) is 9.52. The van der Waals surface area contributed by atoms with Crippen molar-refractivity contribution in [1.82, 2.24) is 24.5 Å². The van der Waals surface area contributed by atoms with Gasteiger partial charge in [-0.25, -0.2) is 4.98 Å². The average molecular weight is 485 g/mol. The number of carbonyl (C=O) groups excluding carboxylic acids is 1. The molecule has 1 aromatic carbocycles.